The zero-order valence-electron chi connectivity index (χ0n) is 21.0. The van der Waals surface area contributed by atoms with Gasteiger partial charge in [-0.25, -0.2) is 14.2 Å². The Kier molecular flexibility index (Phi) is 5.40. The number of rotatable bonds is 5. The highest BCUT2D eigenvalue weighted by Gasteiger charge is 2.43. The van der Waals surface area contributed by atoms with Crippen LogP contribution < -0.4 is 4.90 Å². The number of fused-ring (bicyclic) bond motifs is 1. The number of aromatic carboxylic acids is 1. The number of carbonyl (C=O) groups is 1. The number of thiazole rings is 1. The molecule has 2 saturated carbocycles. The molecule has 0 bridgehead atoms. The van der Waals surface area contributed by atoms with E-state index in [1.54, 1.807) is 0 Å². The second-order valence-electron chi connectivity index (χ2n) is 11.0. The summed E-state index contributed by atoms with van der Waals surface area (Å²) >= 11 is 1.37. The lowest BCUT2D eigenvalue weighted by molar-refractivity contribution is 0.0696. The molecule has 0 amide bonds. The van der Waals surface area contributed by atoms with E-state index in [9.17, 15) is 14.3 Å². The van der Waals surface area contributed by atoms with E-state index in [0.29, 0.717) is 16.0 Å². The molecule has 1 aromatic carbocycles. The number of halogens is 1. The molecule has 3 aliphatic rings. The molecule has 1 aliphatic heterocycles. The third kappa shape index (κ3) is 4.00. The molecule has 3 aromatic heterocycles. The van der Waals surface area contributed by atoms with E-state index in [2.05, 4.69) is 33.0 Å². The van der Waals surface area contributed by atoms with Gasteiger partial charge in [-0.1, -0.05) is 22.1 Å². The molecule has 2 aliphatic carbocycles. The van der Waals surface area contributed by atoms with Crippen LogP contribution in [0.2, 0.25) is 0 Å². The third-order valence-corrected chi connectivity index (χ3v) is 9.37. The first-order valence-corrected chi connectivity index (χ1v) is 13.9. The molecule has 1 N–H and O–H groups in total. The maximum atomic E-state index is 14.5. The van der Waals surface area contributed by atoms with Gasteiger partial charge < -0.3 is 14.5 Å². The van der Waals surface area contributed by atoms with Crippen LogP contribution in [0.4, 0.5) is 9.52 Å². The molecular weight excluding hydrogens is 503 g/mol. The highest BCUT2D eigenvalue weighted by molar-refractivity contribution is 7.22. The number of carboxylic acids is 1. The van der Waals surface area contributed by atoms with Gasteiger partial charge >= 0.3 is 5.97 Å². The number of hydrogen-bond donors (Lipinski definition) is 1. The van der Waals surface area contributed by atoms with Crippen LogP contribution in [0.15, 0.2) is 40.7 Å². The number of benzene rings is 1. The molecule has 38 heavy (non-hydrogen) atoms. The second-order valence-corrected chi connectivity index (χ2v) is 12.0. The minimum absolute atomic E-state index is 0.0449. The Morgan fingerprint density at radius 2 is 2.05 bits per heavy atom. The van der Waals surface area contributed by atoms with Crippen molar-refractivity contribution >= 4 is 38.7 Å². The fourth-order valence-electron chi connectivity index (χ4n) is 6.00. The Balaban J connectivity index is 1.08. The summed E-state index contributed by atoms with van der Waals surface area (Å²) in [4.78, 5) is 22.3. The molecule has 9 heteroatoms. The van der Waals surface area contributed by atoms with Gasteiger partial charge in [0.1, 0.15) is 17.0 Å². The van der Waals surface area contributed by atoms with E-state index in [-0.39, 0.29) is 11.1 Å². The lowest BCUT2D eigenvalue weighted by Gasteiger charge is -2.49. The zero-order valence-corrected chi connectivity index (χ0v) is 21.9. The van der Waals surface area contributed by atoms with Gasteiger partial charge in [0.15, 0.2) is 10.9 Å². The van der Waals surface area contributed by atoms with E-state index in [0.717, 1.165) is 91.0 Å². The van der Waals surface area contributed by atoms with E-state index in [4.69, 9.17) is 4.52 Å². The summed E-state index contributed by atoms with van der Waals surface area (Å²) in [5, 5.41) is 14.5. The first-order chi connectivity index (χ1) is 18.4. The van der Waals surface area contributed by atoms with E-state index >= 15 is 0 Å². The quantitative estimate of drug-likeness (QED) is 0.302. The van der Waals surface area contributed by atoms with Crippen LogP contribution in [0.1, 0.15) is 71.7 Å². The number of anilines is 1. The van der Waals surface area contributed by atoms with Crippen molar-refractivity contribution in [2.24, 2.45) is 5.41 Å². The van der Waals surface area contributed by atoms with Gasteiger partial charge in [0.05, 0.1) is 10.3 Å². The van der Waals surface area contributed by atoms with Crippen LogP contribution in [-0.2, 0) is 0 Å². The highest BCUT2D eigenvalue weighted by Crippen LogP contribution is 2.54. The van der Waals surface area contributed by atoms with E-state index < -0.39 is 11.8 Å². The molecule has 1 saturated heterocycles. The maximum Gasteiger partial charge on any atom is 0.335 e. The van der Waals surface area contributed by atoms with Gasteiger partial charge in [-0.2, -0.15) is 0 Å². The van der Waals surface area contributed by atoms with Crippen molar-refractivity contribution in [1.29, 1.82) is 0 Å². The molecule has 7 rings (SSSR count). The zero-order chi connectivity index (χ0) is 26.0. The topological polar surface area (TPSA) is 92.4 Å². The lowest BCUT2D eigenvalue weighted by atomic mass is 9.60. The highest BCUT2D eigenvalue weighted by atomic mass is 32.1. The minimum atomic E-state index is -1.13. The maximum absolute atomic E-state index is 14.5. The lowest BCUT2D eigenvalue weighted by Crippen LogP contribution is -2.44. The van der Waals surface area contributed by atoms with Crippen molar-refractivity contribution in [3.8, 4) is 11.3 Å². The SMILES string of the molecule is Cc1cnccc1-c1noc(C2CC2)c1C=C1CC2(CCN(c3nc4c(F)cc(C(=O)O)cc4s3)CC2)C1. The van der Waals surface area contributed by atoms with Crippen molar-refractivity contribution in [3.63, 3.8) is 0 Å². The number of aryl methyl sites for hydroxylation is 1. The summed E-state index contributed by atoms with van der Waals surface area (Å²) in [5.74, 6) is -0.209. The van der Waals surface area contributed by atoms with Gasteiger partial charge in [0, 0.05) is 42.5 Å². The average molecular weight is 531 g/mol. The van der Waals surface area contributed by atoms with Crippen molar-refractivity contribution in [3.05, 3.63) is 64.4 Å². The Bertz CT molecular complexity index is 1600. The van der Waals surface area contributed by atoms with Crippen LogP contribution in [0.3, 0.4) is 0 Å². The first kappa shape index (κ1) is 23.5. The number of pyridine rings is 1. The molecule has 4 heterocycles. The van der Waals surface area contributed by atoms with E-state index in [1.807, 2.05) is 18.5 Å². The predicted molar refractivity (Wildman–Crippen MR) is 144 cm³/mol. The predicted octanol–water partition coefficient (Wildman–Crippen LogP) is 6.83. The fourth-order valence-corrected chi connectivity index (χ4v) is 7.07. The van der Waals surface area contributed by atoms with Crippen LogP contribution in [0, 0.1) is 18.2 Å². The van der Waals surface area contributed by atoms with Crippen molar-refractivity contribution in [1.82, 2.24) is 15.1 Å². The molecule has 3 fully saturated rings. The molecule has 194 valence electrons. The summed E-state index contributed by atoms with van der Waals surface area (Å²) in [7, 11) is 0. The number of hydrogen-bond acceptors (Lipinski definition) is 7. The van der Waals surface area contributed by atoms with Crippen LogP contribution in [-0.4, -0.2) is 39.3 Å². The molecule has 0 unspecified atom stereocenters. The molecule has 4 aromatic rings. The summed E-state index contributed by atoms with van der Waals surface area (Å²) in [6.07, 6.45) is 12.6. The first-order valence-electron chi connectivity index (χ1n) is 13.1. The number of nitrogens with zero attached hydrogens (tertiary/aromatic N) is 4. The largest absolute Gasteiger partial charge is 0.478 e. The Labute approximate surface area is 223 Å². The van der Waals surface area contributed by atoms with Crippen LogP contribution in [0.25, 0.3) is 27.6 Å². The van der Waals surface area contributed by atoms with Crippen molar-refractivity contribution < 1.29 is 18.8 Å². The fraction of sp³-hybridized carbons (Fsp3) is 0.379. The minimum Gasteiger partial charge on any atom is -0.478 e. The number of allylic oxidation sites excluding steroid dienone is 1. The van der Waals surface area contributed by atoms with E-state index in [1.165, 1.54) is 23.0 Å². The summed E-state index contributed by atoms with van der Waals surface area (Å²) in [6.45, 7) is 3.78. The number of aromatic nitrogens is 3. The van der Waals surface area contributed by atoms with Gasteiger partial charge in [0.25, 0.3) is 0 Å². The number of carboxylic acid groups (broad SMARTS) is 1. The Morgan fingerprint density at radius 1 is 1.26 bits per heavy atom. The smallest absolute Gasteiger partial charge is 0.335 e. The van der Waals surface area contributed by atoms with Crippen LogP contribution >= 0.6 is 11.3 Å². The summed E-state index contributed by atoms with van der Waals surface area (Å²) < 4.78 is 20.9. The van der Waals surface area contributed by atoms with Gasteiger partial charge in [-0.05, 0) is 80.7 Å². The monoisotopic (exact) mass is 530 g/mol. The normalized spacial score (nSPS) is 18.7. The van der Waals surface area contributed by atoms with Gasteiger partial charge in [-0.3, -0.25) is 4.98 Å². The van der Waals surface area contributed by atoms with Crippen molar-refractivity contribution in [2.75, 3.05) is 18.0 Å². The van der Waals surface area contributed by atoms with Crippen molar-refractivity contribution in [2.45, 2.75) is 51.4 Å². The Morgan fingerprint density at radius 3 is 2.76 bits per heavy atom. The molecule has 0 radical (unpaired) electrons. The Hall–Kier alpha value is -3.59. The molecular formula is C29H27FN4O3S. The number of piperidine rings is 1. The average Bonchev–Trinajstić information content (AvgIpc) is 3.50. The van der Waals surface area contributed by atoms with Gasteiger partial charge in [-0.15, -0.1) is 0 Å². The summed E-state index contributed by atoms with van der Waals surface area (Å²) in [6, 6.07) is 4.58. The standard InChI is InChI=1S/C29H27FN4O3S/c1-16-15-31-7-4-20(16)24-21(26(37-33-24)18-2-3-18)10-17-13-29(14-17)5-8-34(9-6-29)28-32-25-22(30)11-19(27(35)36)12-23(25)38-28/h4,7,10-12,15,18H,2-3,5-6,8-9,13-14H2,1H3,(H,35,36). The molecule has 1 spiro atoms. The third-order valence-electron chi connectivity index (χ3n) is 8.31. The van der Waals surface area contributed by atoms with Gasteiger partial charge in [0.2, 0.25) is 0 Å². The summed E-state index contributed by atoms with van der Waals surface area (Å²) in [5.41, 5.74) is 6.18. The second kappa shape index (κ2) is 8.73. The molecule has 7 nitrogen and oxygen atoms in total. The van der Waals surface area contributed by atoms with Crippen LogP contribution in [0.5, 0.6) is 0 Å². The molecule has 0 atom stereocenters.